The number of hydrogen-bond donors (Lipinski definition) is 1. The van der Waals surface area contributed by atoms with Gasteiger partial charge < -0.3 is 14.8 Å². The lowest BCUT2D eigenvalue weighted by Gasteiger charge is -2.18. The highest BCUT2D eigenvalue weighted by atomic mass is 16.5. The van der Waals surface area contributed by atoms with Gasteiger partial charge in [-0.05, 0) is 38.5 Å². The highest BCUT2D eigenvalue weighted by Gasteiger charge is 2.25. The largest absolute Gasteiger partial charge is 0.495 e. The van der Waals surface area contributed by atoms with Crippen LogP contribution in [0.3, 0.4) is 0 Å². The molecule has 1 N–H and O–H groups in total. The quantitative estimate of drug-likeness (QED) is 0.625. The maximum Gasteiger partial charge on any atom is 0.331 e. The number of ether oxygens (including phenoxy) is 2. The van der Waals surface area contributed by atoms with Gasteiger partial charge in [0.15, 0.2) is 0 Å². The SMILES string of the molecule is COc1ccc(C)cc1NC(=O)[C@@H](OC(=O)C=C(C)C)c1ccccc1. The van der Waals surface area contributed by atoms with Gasteiger partial charge in [-0.3, -0.25) is 4.79 Å². The summed E-state index contributed by atoms with van der Waals surface area (Å²) in [5.74, 6) is -0.479. The van der Waals surface area contributed by atoms with Gasteiger partial charge in [0.2, 0.25) is 6.10 Å². The third kappa shape index (κ3) is 5.21. The minimum Gasteiger partial charge on any atom is -0.495 e. The molecule has 1 amide bonds. The second-order valence-corrected chi connectivity index (χ2v) is 6.14. The fraction of sp³-hybridized carbons (Fsp3) is 0.238. The number of allylic oxidation sites excluding steroid dienone is 1. The van der Waals surface area contributed by atoms with E-state index in [2.05, 4.69) is 5.32 Å². The third-order valence-electron chi connectivity index (χ3n) is 3.59. The molecule has 2 aromatic rings. The lowest BCUT2D eigenvalue weighted by molar-refractivity contribution is -0.149. The summed E-state index contributed by atoms with van der Waals surface area (Å²) in [6.07, 6.45) is 0.292. The zero-order valence-electron chi connectivity index (χ0n) is 15.4. The molecular weight excluding hydrogens is 330 g/mol. The van der Waals surface area contributed by atoms with E-state index < -0.39 is 18.0 Å². The summed E-state index contributed by atoms with van der Waals surface area (Å²) in [5.41, 5.74) is 2.88. The number of nitrogens with one attached hydrogen (secondary N) is 1. The van der Waals surface area contributed by atoms with Gasteiger partial charge >= 0.3 is 5.97 Å². The number of aryl methyl sites for hydroxylation is 1. The molecule has 0 fully saturated rings. The van der Waals surface area contributed by atoms with E-state index in [0.29, 0.717) is 17.0 Å². The van der Waals surface area contributed by atoms with Gasteiger partial charge in [0.25, 0.3) is 5.91 Å². The van der Waals surface area contributed by atoms with Crippen LogP contribution in [0.2, 0.25) is 0 Å². The second kappa shape index (κ2) is 8.85. The fourth-order valence-corrected chi connectivity index (χ4v) is 2.40. The van der Waals surface area contributed by atoms with E-state index in [-0.39, 0.29) is 0 Å². The van der Waals surface area contributed by atoms with Gasteiger partial charge in [-0.25, -0.2) is 4.79 Å². The molecule has 0 aliphatic carbocycles. The number of benzene rings is 2. The fourth-order valence-electron chi connectivity index (χ4n) is 2.40. The first-order chi connectivity index (χ1) is 12.4. The highest BCUT2D eigenvalue weighted by molar-refractivity contribution is 5.98. The van der Waals surface area contributed by atoms with Crippen molar-refractivity contribution in [2.45, 2.75) is 26.9 Å². The Morgan fingerprint density at radius 2 is 1.77 bits per heavy atom. The zero-order chi connectivity index (χ0) is 19.1. The number of carbonyl (C=O) groups is 2. The third-order valence-corrected chi connectivity index (χ3v) is 3.59. The number of methoxy groups -OCH3 is 1. The minimum atomic E-state index is -1.07. The van der Waals surface area contributed by atoms with Crippen LogP contribution in [-0.2, 0) is 14.3 Å². The minimum absolute atomic E-state index is 0.449. The number of rotatable bonds is 6. The Labute approximate surface area is 153 Å². The van der Waals surface area contributed by atoms with Crippen LogP contribution in [0.15, 0.2) is 60.2 Å². The van der Waals surface area contributed by atoms with Crippen molar-refractivity contribution in [3.05, 3.63) is 71.3 Å². The summed E-state index contributed by atoms with van der Waals surface area (Å²) in [7, 11) is 1.53. The molecule has 0 unspecified atom stereocenters. The molecule has 136 valence electrons. The smallest absolute Gasteiger partial charge is 0.331 e. The number of esters is 1. The number of amides is 1. The average molecular weight is 353 g/mol. The molecular formula is C21H23NO4. The van der Waals surface area contributed by atoms with Crippen molar-refractivity contribution in [2.24, 2.45) is 0 Å². The molecule has 26 heavy (non-hydrogen) atoms. The van der Waals surface area contributed by atoms with E-state index in [0.717, 1.165) is 11.1 Å². The van der Waals surface area contributed by atoms with Crippen LogP contribution in [0.4, 0.5) is 5.69 Å². The lowest BCUT2D eigenvalue weighted by Crippen LogP contribution is -2.25. The van der Waals surface area contributed by atoms with Gasteiger partial charge in [-0.2, -0.15) is 0 Å². The van der Waals surface area contributed by atoms with Crippen LogP contribution in [0.5, 0.6) is 5.75 Å². The molecule has 0 bridgehead atoms. The summed E-state index contributed by atoms with van der Waals surface area (Å²) in [5, 5.41) is 2.80. The van der Waals surface area contributed by atoms with Gasteiger partial charge in [0, 0.05) is 11.6 Å². The summed E-state index contributed by atoms with van der Waals surface area (Å²) in [4.78, 5) is 24.9. The molecule has 1 atom stereocenters. The Morgan fingerprint density at radius 3 is 2.38 bits per heavy atom. The number of hydrogen-bond acceptors (Lipinski definition) is 4. The summed E-state index contributed by atoms with van der Waals surface area (Å²) < 4.78 is 10.7. The van der Waals surface area contributed by atoms with Crippen molar-refractivity contribution in [2.75, 3.05) is 12.4 Å². The molecule has 5 nitrogen and oxygen atoms in total. The van der Waals surface area contributed by atoms with Crippen molar-refractivity contribution in [1.29, 1.82) is 0 Å². The topological polar surface area (TPSA) is 64.6 Å². The van der Waals surface area contributed by atoms with Crippen molar-refractivity contribution in [3.8, 4) is 5.75 Å². The van der Waals surface area contributed by atoms with Gasteiger partial charge in [-0.1, -0.05) is 42.0 Å². The molecule has 5 heteroatoms. The molecule has 0 saturated carbocycles. The Morgan fingerprint density at radius 1 is 1.08 bits per heavy atom. The first-order valence-electron chi connectivity index (χ1n) is 8.26. The molecule has 2 rings (SSSR count). The van der Waals surface area contributed by atoms with Crippen LogP contribution in [0.1, 0.15) is 31.1 Å². The molecule has 0 aromatic heterocycles. The Hall–Kier alpha value is -3.08. The normalized spacial score (nSPS) is 11.2. The maximum atomic E-state index is 12.8. The highest BCUT2D eigenvalue weighted by Crippen LogP contribution is 2.27. The first kappa shape index (κ1) is 19.2. The van der Waals surface area contributed by atoms with Gasteiger partial charge in [0.1, 0.15) is 5.75 Å². The zero-order valence-corrected chi connectivity index (χ0v) is 15.4. The van der Waals surface area contributed by atoms with Crippen molar-refractivity contribution in [3.63, 3.8) is 0 Å². The van der Waals surface area contributed by atoms with E-state index in [9.17, 15) is 9.59 Å². The monoisotopic (exact) mass is 353 g/mol. The van der Waals surface area contributed by atoms with Crippen molar-refractivity contribution >= 4 is 17.6 Å². The Kier molecular flexibility index (Phi) is 6.55. The molecule has 0 heterocycles. The average Bonchev–Trinajstić information content (AvgIpc) is 2.60. The van der Waals surface area contributed by atoms with E-state index in [4.69, 9.17) is 9.47 Å². The molecule has 0 aliphatic heterocycles. The van der Waals surface area contributed by atoms with Crippen LogP contribution in [0.25, 0.3) is 0 Å². The predicted octanol–water partition coefficient (Wildman–Crippen LogP) is 4.19. The van der Waals surface area contributed by atoms with E-state index in [1.807, 2.05) is 19.1 Å². The summed E-state index contributed by atoms with van der Waals surface area (Å²) in [6.45, 7) is 5.49. The number of carbonyl (C=O) groups excluding carboxylic acids is 2. The van der Waals surface area contributed by atoms with Crippen LogP contribution in [0, 0.1) is 6.92 Å². The van der Waals surface area contributed by atoms with Crippen molar-refractivity contribution in [1.82, 2.24) is 0 Å². The van der Waals surface area contributed by atoms with E-state index in [1.54, 1.807) is 50.2 Å². The lowest BCUT2D eigenvalue weighted by atomic mass is 10.1. The summed E-state index contributed by atoms with van der Waals surface area (Å²) >= 11 is 0. The predicted molar refractivity (Wildman–Crippen MR) is 101 cm³/mol. The van der Waals surface area contributed by atoms with Crippen LogP contribution in [-0.4, -0.2) is 19.0 Å². The maximum absolute atomic E-state index is 12.8. The van der Waals surface area contributed by atoms with E-state index in [1.165, 1.54) is 13.2 Å². The molecule has 0 saturated heterocycles. The Bertz CT molecular complexity index is 808. The molecule has 0 radical (unpaired) electrons. The molecule has 0 aliphatic rings. The van der Waals surface area contributed by atoms with Crippen LogP contribution >= 0.6 is 0 Å². The standard InChI is InChI=1S/C21H23NO4/c1-14(2)12-19(23)26-20(16-8-6-5-7-9-16)21(24)22-17-13-15(3)10-11-18(17)25-4/h5-13,20H,1-4H3,(H,22,24)/t20-/m0/s1. The van der Waals surface area contributed by atoms with Crippen LogP contribution < -0.4 is 10.1 Å². The first-order valence-corrected chi connectivity index (χ1v) is 8.26. The molecule has 2 aromatic carbocycles. The van der Waals surface area contributed by atoms with Gasteiger partial charge in [0.05, 0.1) is 12.8 Å². The van der Waals surface area contributed by atoms with Gasteiger partial charge in [-0.15, -0.1) is 0 Å². The Balaban J connectivity index is 2.30. The second-order valence-electron chi connectivity index (χ2n) is 6.14. The number of anilines is 1. The summed E-state index contributed by atoms with van der Waals surface area (Å²) in [6, 6.07) is 14.4. The van der Waals surface area contributed by atoms with E-state index >= 15 is 0 Å². The van der Waals surface area contributed by atoms with Crippen molar-refractivity contribution < 1.29 is 19.1 Å². The molecule has 0 spiro atoms.